The number of nitro benzene ring substituents is 1. The average Bonchev–Trinajstić information content (AvgIpc) is 3.22. The molecule has 0 aliphatic carbocycles. The number of rotatable bonds is 5. The van der Waals surface area contributed by atoms with E-state index in [4.69, 9.17) is 11.6 Å². The predicted octanol–water partition coefficient (Wildman–Crippen LogP) is 5.84. The second-order valence-electron chi connectivity index (χ2n) is 6.31. The molecule has 148 valence electrons. The molecule has 0 saturated heterocycles. The SMILES string of the molecule is O=[N+]([O-])c1cccc(-c2nccc(/C=C\c3ccc(-c4ccccc4Cl)s3)[n+]2[O-])c1. The van der Waals surface area contributed by atoms with Crippen molar-refractivity contribution in [3.05, 3.63) is 104 Å². The largest absolute Gasteiger partial charge is 0.710 e. The molecule has 4 rings (SSSR count). The molecule has 2 aromatic carbocycles. The fourth-order valence-corrected chi connectivity index (χ4v) is 4.16. The number of hydrogen-bond acceptors (Lipinski definition) is 5. The molecule has 8 heteroatoms. The van der Waals surface area contributed by atoms with Gasteiger partial charge in [-0.2, -0.15) is 0 Å². The van der Waals surface area contributed by atoms with Crippen molar-refractivity contribution >= 4 is 40.8 Å². The van der Waals surface area contributed by atoms with Crippen molar-refractivity contribution in [3.8, 4) is 21.8 Å². The predicted molar refractivity (Wildman–Crippen MR) is 119 cm³/mol. The van der Waals surface area contributed by atoms with Crippen LogP contribution in [0.2, 0.25) is 5.02 Å². The number of benzene rings is 2. The molecular weight excluding hydrogens is 422 g/mol. The van der Waals surface area contributed by atoms with Crippen LogP contribution in [-0.4, -0.2) is 9.91 Å². The van der Waals surface area contributed by atoms with Crippen molar-refractivity contribution < 1.29 is 9.65 Å². The van der Waals surface area contributed by atoms with Crippen LogP contribution < -0.4 is 4.73 Å². The van der Waals surface area contributed by atoms with E-state index in [1.807, 2.05) is 42.5 Å². The Kier molecular flexibility index (Phi) is 5.56. The quantitative estimate of drug-likeness (QED) is 0.170. The summed E-state index contributed by atoms with van der Waals surface area (Å²) in [6.45, 7) is 0. The Bertz CT molecular complexity index is 1270. The van der Waals surface area contributed by atoms with Crippen LogP contribution in [-0.2, 0) is 0 Å². The van der Waals surface area contributed by atoms with Crippen LogP contribution in [0.25, 0.3) is 34.0 Å². The van der Waals surface area contributed by atoms with Gasteiger partial charge < -0.3 is 5.21 Å². The highest BCUT2D eigenvalue weighted by atomic mass is 35.5. The molecule has 4 aromatic rings. The number of nitro groups is 1. The van der Waals surface area contributed by atoms with E-state index in [-0.39, 0.29) is 11.5 Å². The molecular formula is C22H14ClN3O3S. The molecule has 0 saturated carbocycles. The zero-order valence-electron chi connectivity index (χ0n) is 15.4. The first kappa shape index (κ1) is 19.8. The fraction of sp³-hybridized carbons (Fsp3) is 0. The minimum atomic E-state index is -0.504. The van der Waals surface area contributed by atoms with Gasteiger partial charge in [-0.1, -0.05) is 35.9 Å². The Hall–Kier alpha value is -3.55. The Morgan fingerprint density at radius 2 is 1.87 bits per heavy atom. The lowest BCUT2D eigenvalue weighted by atomic mass is 10.2. The zero-order valence-corrected chi connectivity index (χ0v) is 17.0. The molecule has 0 fully saturated rings. The summed E-state index contributed by atoms with van der Waals surface area (Å²) in [6.07, 6.45) is 5.04. The lowest BCUT2D eigenvalue weighted by molar-refractivity contribution is -0.598. The summed E-state index contributed by atoms with van der Waals surface area (Å²) >= 11 is 7.82. The molecule has 6 nitrogen and oxygen atoms in total. The molecule has 0 bridgehead atoms. The summed E-state index contributed by atoms with van der Waals surface area (Å²) in [7, 11) is 0. The summed E-state index contributed by atoms with van der Waals surface area (Å²) in [4.78, 5) is 16.6. The molecule has 0 radical (unpaired) electrons. The number of nitrogens with zero attached hydrogens (tertiary/aromatic N) is 3. The number of aromatic nitrogens is 2. The highest BCUT2D eigenvalue weighted by molar-refractivity contribution is 7.16. The molecule has 0 unspecified atom stereocenters. The maximum atomic E-state index is 12.8. The highest BCUT2D eigenvalue weighted by Gasteiger charge is 2.16. The van der Waals surface area contributed by atoms with Crippen molar-refractivity contribution in [1.82, 2.24) is 4.98 Å². The third kappa shape index (κ3) is 4.07. The van der Waals surface area contributed by atoms with Gasteiger partial charge in [0.05, 0.1) is 10.5 Å². The van der Waals surface area contributed by atoms with Gasteiger partial charge in [0.2, 0.25) is 0 Å². The van der Waals surface area contributed by atoms with Gasteiger partial charge in [-0.05, 0) is 41.4 Å². The molecule has 2 aromatic heterocycles. The van der Waals surface area contributed by atoms with Gasteiger partial charge in [0.15, 0.2) is 0 Å². The van der Waals surface area contributed by atoms with E-state index >= 15 is 0 Å². The van der Waals surface area contributed by atoms with Crippen molar-refractivity contribution in [2.24, 2.45) is 0 Å². The van der Waals surface area contributed by atoms with Crippen LogP contribution in [0.5, 0.6) is 0 Å². The van der Waals surface area contributed by atoms with Gasteiger partial charge in [0.25, 0.3) is 5.69 Å². The number of non-ortho nitro benzene ring substituents is 1. The summed E-state index contributed by atoms with van der Waals surface area (Å²) in [6, 6.07) is 19.0. The molecule has 0 spiro atoms. The van der Waals surface area contributed by atoms with E-state index in [9.17, 15) is 15.3 Å². The molecule has 0 aliphatic rings. The van der Waals surface area contributed by atoms with E-state index in [1.54, 1.807) is 29.5 Å². The number of thiophene rings is 1. The first-order chi connectivity index (χ1) is 14.5. The van der Waals surface area contributed by atoms with Gasteiger partial charge in [0, 0.05) is 38.5 Å². The van der Waals surface area contributed by atoms with Crippen LogP contribution >= 0.6 is 22.9 Å². The van der Waals surface area contributed by atoms with Gasteiger partial charge in [0.1, 0.15) is 11.9 Å². The molecule has 0 amide bonds. The van der Waals surface area contributed by atoms with E-state index in [1.165, 1.54) is 24.4 Å². The number of hydrogen-bond donors (Lipinski definition) is 0. The maximum absolute atomic E-state index is 12.8. The fourth-order valence-electron chi connectivity index (χ4n) is 2.92. The van der Waals surface area contributed by atoms with E-state index in [0.717, 1.165) is 15.3 Å². The lowest BCUT2D eigenvalue weighted by Crippen LogP contribution is -2.33. The van der Waals surface area contributed by atoms with Crippen LogP contribution in [0.15, 0.2) is 72.9 Å². The second-order valence-corrected chi connectivity index (χ2v) is 7.83. The molecule has 0 atom stereocenters. The summed E-state index contributed by atoms with van der Waals surface area (Å²) in [5.41, 5.74) is 1.62. The third-order valence-electron chi connectivity index (χ3n) is 4.37. The molecule has 30 heavy (non-hydrogen) atoms. The van der Waals surface area contributed by atoms with Crippen LogP contribution in [0.3, 0.4) is 0 Å². The normalized spacial score (nSPS) is 11.1. The van der Waals surface area contributed by atoms with Gasteiger partial charge in [-0.3, -0.25) is 10.1 Å². The number of halogens is 1. The lowest BCUT2D eigenvalue weighted by Gasteiger charge is -2.08. The standard InChI is InChI=1S/C22H14ClN3O3S/c23-20-7-2-1-6-19(20)21-11-10-18(30-21)9-8-16-12-13-24-22(25(16)27)15-4-3-5-17(14-15)26(28)29/h1-14H/b9-8-. The first-order valence-corrected chi connectivity index (χ1v) is 10.1. The summed E-state index contributed by atoms with van der Waals surface area (Å²) in [5.74, 6) is 0.101. The van der Waals surface area contributed by atoms with Gasteiger partial charge in [-0.25, -0.2) is 4.73 Å². The highest BCUT2D eigenvalue weighted by Crippen LogP contribution is 2.33. The summed E-state index contributed by atoms with van der Waals surface area (Å²) in [5, 5.41) is 24.4. The monoisotopic (exact) mass is 435 g/mol. The van der Waals surface area contributed by atoms with Gasteiger partial charge >= 0.3 is 5.82 Å². The first-order valence-electron chi connectivity index (χ1n) is 8.89. The Balaban J connectivity index is 1.63. The molecule has 0 N–H and O–H groups in total. The Morgan fingerprint density at radius 1 is 1.03 bits per heavy atom. The van der Waals surface area contributed by atoms with E-state index in [2.05, 4.69) is 4.98 Å². The van der Waals surface area contributed by atoms with Crippen LogP contribution in [0.4, 0.5) is 5.69 Å². The zero-order chi connectivity index (χ0) is 21.1. The molecule has 0 aliphatic heterocycles. The maximum Gasteiger partial charge on any atom is 0.333 e. The van der Waals surface area contributed by atoms with E-state index in [0.29, 0.717) is 21.0 Å². The van der Waals surface area contributed by atoms with E-state index < -0.39 is 4.92 Å². The Morgan fingerprint density at radius 3 is 2.67 bits per heavy atom. The second kappa shape index (κ2) is 8.44. The topological polar surface area (TPSA) is 83.0 Å². The van der Waals surface area contributed by atoms with Gasteiger partial charge in [-0.15, -0.1) is 11.3 Å². The Labute approximate surface area is 181 Å². The van der Waals surface area contributed by atoms with Crippen molar-refractivity contribution in [1.29, 1.82) is 0 Å². The summed E-state index contributed by atoms with van der Waals surface area (Å²) < 4.78 is 0.665. The minimum absolute atomic E-state index is 0.0964. The van der Waals surface area contributed by atoms with Crippen molar-refractivity contribution in [2.45, 2.75) is 0 Å². The smallest absolute Gasteiger partial charge is 0.333 e. The van der Waals surface area contributed by atoms with Crippen molar-refractivity contribution in [2.75, 3.05) is 0 Å². The third-order valence-corrected chi connectivity index (χ3v) is 5.78. The van der Waals surface area contributed by atoms with Crippen LogP contribution in [0, 0.1) is 15.3 Å². The van der Waals surface area contributed by atoms with Crippen LogP contribution in [0.1, 0.15) is 10.6 Å². The molecule has 2 heterocycles. The minimum Gasteiger partial charge on any atom is -0.710 e. The average molecular weight is 436 g/mol. The van der Waals surface area contributed by atoms with Crippen molar-refractivity contribution in [3.63, 3.8) is 0 Å².